The van der Waals surface area contributed by atoms with Crippen molar-refractivity contribution in [1.82, 2.24) is 14.5 Å². The van der Waals surface area contributed by atoms with Crippen molar-refractivity contribution in [3.63, 3.8) is 0 Å². The fourth-order valence-corrected chi connectivity index (χ4v) is 3.43. The van der Waals surface area contributed by atoms with Crippen LogP contribution in [-0.2, 0) is 6.54 Å². The SMILES string of the molecule is C[C@H](Nc1ncc2ccc(=O)n(Cc3ccc(OC(F)(F)F)cc3)c2n1)c1ccc(Cl)cc1. The van der Waals surface area contributed by atoms with E-state index in [0.717, 1.165) is 5.56 Å². The van der Waals surface area contributed by atoms with Gasteiger partial charge in [0.1, 0.15) is 11.4 Å². The molecule has 0 saturated heterocycles. The van der Waals surface area contributed by atoms with Gasteiger partial charge in [-0.3, -0.25) is 9.36 Å². The molecular formula is C23H18ClF3N4O2. The number of nitrogens with zero attached hydrogens (tertiary/aromatic N) is 3. The van der Waals surface area contributed by atoms with Crippen molar-refractivity contribution in [3.8, 4) is 5.75 Å². The van der Waals surface area contributed by atoms with E-state index in [-0.39, 0.29) is 23.9 Å². The van der Waals surface area contributed by atoms with Crippen LogP contribution in [0.1, 0.15) is 24.1 Å². The highest BCUT2D eigenvalue weighted by Gasteiger charge is 2.30. The minimum atomic E-state index is -4.77. The number of ether oxygens (including phenoxy) is 1. The number of halogens is 4. The van der Waals surface area contributed by atoms with Crippen molar-refractivity contribution in [2.75, 3.05) is 5.32 Å². The van der Waals surface area contributed by atoms with Gasteiger partial charge in [0.05, 0.1) is 12.6 Å². The molecule has 1 N–H and O–H groups in total. The molecule has 6 nitrogen and oxygen atoms in total. The van der Waals surface area contributed by atoms with Gasteiger partial charge in [-0.2, -0.15) is 4.98 Å². The van der Waals surface area contributed by atoms with Crippen LogP contribution in [0, 0.1) is 0 Å². The zero-order valence-corrected chi connectivity index (χ0v) is 18.1. The number of benzene rings is 2. The highest BCUT2D eigenvalue weighted by molar-refractivity contribution is 6.30. The van der Waals surface area contributed by atoms with Gasteiger partial charge >= 0.3 is 6.36 Å². The Morgan fingerprint density at radius 2 is 1.76 bits per heavy atom. The predicted octanol–water partition coefficient (Wildman–Crippen LogP) is 5.56. The summed E-state index contributed by atoms with van der Waals surface area (Å²) in [4.78, 5) is 21.4. The number of anilines is 1. The average molecular weight is 475 g/mol. The molecule has 10 heteroatoms. The van der Waals surface area contributed by atoms with Crippen LogP contribution in [0.3, 0.4) is 0 Å². The van der Waals surface area contributed by atoms with E-state index in [4.69, 9.17) is 11.6 Å². The number of hydrogen-bond donors (Lipinski definition) is 1. The highest BCUT2D eigenvalue weighted by Crippen LogP contribution is 2.24. The summed E-state index contributed by atoms with van der Waals surface area (Å²) in [5.74, 6) is -0.000241. The lowest BCUT2D eigenvalue weighted by Gasteiger charge is -2.16. The largest absolute Gasteiger partial charge is 0.573 e. The maximum atomic E-state index is 12.6. The molecule has 0 aliphatic carbocycles. The molecule has 4 rings (SSSR count). The van der Waals surface area contributed by atoms with E-state index < -0.39 is 6.36 Å². The third-order valence-corrected chi connectivity index (χ3v) is 5.19. The second-order valence-electron chi connectivity index (χ2n) is 7.34. The normalized spacial score (nSPS) is 12.5. The molecule has 0 spiro atoms. The molecular weight excluding hydrogens is 457 g/mol. The zero-order chi connectivity index (χ0) is 23.6. The van der Waals surface area contributed by atoms with Crippen LogP contribution in [0.2, 0.25) is 5.02 Å². The van der Waals surface area contributed by atoms with Gasteiger partial charge in [-0.1, -0.05) is 35.9 Å². The number of rotatable bonds is 6. The first kappa shape index (κ1) is 22.6. The molecule has 4 aromatic rings. The highest BCUT2D eigenvalue weighted by atomic mass is 35.5. The number of fused-ring (bicyclic) bond motifs is 1. The van der Waals surface area contributed by atoms with Gasteiger partial charge in [-0.25, -0.2) is 4.98 Å². The average Bonchev–Trinajstić information content (AvgIpc) is 2.76. The molecule has 0 unspecified atom stereocenters. The molecule has 2 aromatic heterocycles. The first-order valence-corrected chi connectivity index (χ1v) is 10.3. The van der Waals surface area contributed by atoms with Gasteiger partial charge < -0.3 is 10.1 Å². The molecule has 0 fully saturated rings. The van der Waals surface area contributed by atoms with E-state index in [0.29, 0.717) is 27.6 Å². The van der Waals surface area contributed by atoms with Gasteiger partial charge in [-0.05, 0) is 48.4 Å². The van der Waals surface area contributed by atoms with Crippen LogP contribution in [0.4, 0.5) is 19.1 Å². The summed E-state index contributed by atoms with van der Waals surface area (Å²) >= 11 is 5.94. The zero-order valence-electron chi connectivity index (χ0n) is 17.3. The molecule has 170 valence electrons. The van der Waals surface area contributed by atoms with Gasteiger partial charge in [0, 0.05) is 22.7 Å². The second kappa shape index (κ2) is 9.11. The van der Waals surface area contributed by atoms with Crippen molar-refractivity contribution < 1.29 is 17.9 Å². The van der Waals surface area contributed by atoms with E-state index in [1.54, 1.807) is 24.4 Å². The number of nitrogens with one attached hydrogen (secondary N) is 1. The maximum Gasteiger partial charge on any atom is 0.573 e. The Morgan fingerprint density at radius 3 is 2.42 bits per heavy atom. The van der Waals surface area contributed by atoms with Crippen LogP contribution in [0.5, 0.6) is 5.75 Å². The maximum absolute atomic E-state index is 12.6. The van der Waals surface area contributed by atoms with Crippen molar-refractivity contribution >= 4 is 28.6 Å². The lowest BCUT2D eigenvalue weighted by molar-refractivity contribution is -0.274. The molecule has 0 aliphatic heterocycles. The van der Waals surface area contributed by atoms with Crippen LogP contribution in [0.25, 0.3) is 11.0 Å². The molecule has 33 heavy (non-hydrogen) atoms. The van der Waals surface area contributed by atoms with Crippen LogP contribution < -0.4 is 15.6 Å². The second-order valence-corrected chi connectivity index (χ2v) is 7.78. The fourth-order valence-electron chi connectivity index (χ4n) is 3.30. The van der Waals surface area contributed by atoms with Crippen molar-refractivity contribution in [3.05, 3.63) is 93.4 Å². The van der Waals surface area contributed by atoms with Crippen LogP contribution in [-0.4, -0.2) is 20.9 Å². The van der Waals surface area contributed by atoms with Gasteiger partial charge in [0.15, 0.2) is 0 Å². The number of aromatic nitrogens is 3. The monoisotopic (exact) mass is 474 g/mol. The Balaban J connectivity index is 1.61. The summed E-state index contributed by atoms with van der Waals surface area (Å²) < 4.78 is 42.5. The first-order valence-electron chi connectivity index (χ1n) is 9.91. The summed E-state index contributed by atoms with van der Waals surface area (Å²) in [6.07, 6.45) is -3.16. The summed E-state index contributed by atoms with van der Waals surface area (Å²) in [6, 6.07) is 15.6. The minimum absolute atomic E-state index is 0.117. The van der Waals surface area contributed by atoms with Crippen LogP contribution >= 0.6 is 11.6 Å². The third-order valence-electron chi connectivity index (χ3n) is 4.94. The smallest absolute Gasteiger partial charge is 0.406 e. The number of pyridine rings is 1. The van der Waals surface area contributed by atoms with E-state index in [1.807, 2.05) is 19.1 Å². The third kappa shape index (κ3) is 5.61. The standard InChI is InChI=1S/C23H18ClF3N4O2/c1-14(16-4-7-18(24)8-5-16)29-22-28-12-17-6-11-20(32)31(21(17)30-22)13-15-2-9-19(10-3-15)33-23(25,26)27/h2-12,14H,13H2,1H3,(H,28,29,30)/t14-/m0/s1. The quantitative estimate of drug-likeness (QED) is 0.396. The summed E-state index contributed by atoms with van der Waals surface area (Å²) in [5.41, 5.74) is 1.70. The Morgan fingerprint density at radius 1 is 1.06 bits per heavy atom. The van der Waals surface area contributed by atoms with E-state index >= 15 is 0 Å². The Hall–Kier alpha value is -3.59. The molecule has 0 aliphatic rings. The molecule has 2 aromatic carbocycles. The van der Waals surface area contributed by atoms with Gasteiger partial charge in [-0.15, -0.1) is 13.2 Å². The molecule has 0 radical (unpaired) electrons. The van der Waals surface area contributed by atoms with Crippen molar-refractivity contribution in [1.29, 1.82) is 0 Å². The Kier molecular flexibility index (Phi) is 6.24. The summed E-state index contributed by atoms with van der Waals surface area (Å²) in [6.45, 7) is 2.06. The van der Waals surface area contributed by atoms with E-state index in [2.05, 4.69) is 20.0 Å². The molecule has 0 saturated carbocycles. The number of alkyl halides is 3. The Labute approximate surface area is 191 Å². The van der Waals surface area contributed by atoms with E-state index in [1.165, 1.54) is 34.9 Å². The van der Waals surface area contributed by atoms with Crippen molar-refractivity contribution in [2.45, 2.75) is 25.9 Å². The molecule has 2 heterocycles. The topological polar surface area (TPSA) is 69.0 Å². The molecule has 1 atom stereocenters. The fraction of sp³-hybridized carbons (Fsp3) is 0.174. The lowest BCUT2D eigenvalue weighted by Crippen LogP contribution is -2.21. The minimum Gasteiger partial charge on any atom is -0.406 e. The summed E-state index contributed by atoms with van der Waals surface area (Å²) in [5, 5.41) is 4.49. The Bertz CT molecular complexity index is 1320. The van der Waals surface area contributed by atoms with Gasteiger partial charge in [0.2, 0.25) is 5.95 Å². The summed E-state index contributed by atoms with van der Waals surface area (Å²) in [7, 11) is 0. The molecule has 0 bridgehead atoms. The first-order chi connectivity index (χ1) is 15.7. The van der Waals surface area contributed by atoms with Gasteiger partial charge in [0.25, 0.3) is 5.56 Å². The van der Waals surface area contributed by atoms with E-state index in [9.17, 15) is 18.0 Å². The predicted molar refractivity (Wildman–Crippen MR) is 120 cm³/mol. The molecule has 0 amide bonds. The lowest BCUT2D eigenvalue weighted by atomic mass is 10.1. The number of hydrogen-bond acceptors (Lipinski definition) is 5. The van der Waals surface area contributed by atoms with Crippen LogP contribution in [0.15, 0.2) is 71.7 Å². The van der Waals surface area contributed by atoms with Crippen molar-refractivity contribution in [2.24, 2.45) is 0 Å².